The summed E-state index contributed by atoms with van der Waals surface area (Å²) in [4.78, 5) is 0. The van der Waals surface area contributed by atoms with Crippen molar-refractivity contribution in [2.24, 2.45) is 0 Å². The highest BCUT2D eigenvalue weighted by atomic mass is 16.4. The van der Waals surface area contributed by atoms with Crippen molar-refractivity contribution in [2.45, 2.75) is 24.4 Å². The summed E-state index contributed by atoms with van der Waals surface area (Å²) in [5.41, 5.74) is 0. The third-order valence-corrected chi connectivity index (χ3v) is 2.48. The summed E-state index contributed by atoms with van der Waals surface area (Å²) >= 11 is 0. The smallest absolute Gasteiger partial charge is 0.164 e. The number of fused-ring (bicyclic) bond motifs is 1. The lowest BCUT2D eigenvalue weighted by Crippen LogP contribution is -2.46. The molecule has 0 aliphatic carbocycles. The summed E-state index contributed by atoms with van der Waals surface area (Å²) < 4.78 is 1.36. The van der Waals surface area contributed by atoms with E-state index in [9.17, 15) is 15.3 Å². The molecule has 0 amide bonds. The molecule has 2 rings (SSSR count). The molecule has 0 bridgehead atoms. The van der Waals surface area contributed by atoms with Crippen molar-refractivity contribution in [1.29, 1.82) is 0 Å². The highest BCUT2D eigenvalue weighted by molar-refractivity contribution is 5.05. The molecular formula is C7H11N3O4. The number of hydrogen-bond acceptors (Lipinski definition) is 6. The fraction of sp³-hybridized carbons (Fsp3) is 0.714. The van der Waals surface area contributed by atoms with Gasteiger partial charge in [0.25, 0.3) is 0 Å². The van der Waals surface area contributed by atoms with Gasteiger partial charge in [0.2, 0.25) is 0 Å². The number of hydrogen-bond donors (Lipinski definition) is 4. The molecular weight excluding hydrogens is 190 g/mol. The SMILES string of the molecule is OC[C@@H]1[C@H](O)[C@H](O)[C@@H](O)c2nncn21. The molecule has 7 nitrogen and oxygen atoms in total. The van der Waals surface area contributed by atoms with Crippen molar-refractivity contribution in [3.05, 3.63) is 12.2 Å². The summed E-state index contributed by atoms with van der Waals surface area (Å²) in [7, 11) is 0. The Morgan fingerprint density at radius 3 is 2.64 bits per heavy atom. The molecule has 78 valence electrons. The van der Waals surface area contributed by atoms with Crippen molar-refractivity contribution in [1.82, 2.24) is 14.8 Å². The minimum Gasteiger partial charge on any atom is -0.394 e. The summed E-state index contributed by atoms with van der Waals surface area (Å²) in [5, 5.41) is 44.6. The Labute approximate surface area is 79.3 Å². The molecule has 1 aliphatic heterocycles. The van der Waals surface area contributed by atoms with Crippen LogP contribution in [0.4, 0.5) is 0 Å². The molecule has 0 aromatic carbocycles. The minimum atomic E-state index is -1.34. The Morgan fingerprint density at radius 1 is 1.29 bits per heavy atom. The van der Waals surface area contributed by atoms with Gasteiger partial charge in [0.1, 0.15) is 24.6 Å². The van der Waals surface area contributed by atoms with Crippen molar-refractivity contribution in [3.8, 4) is 0 Å². The lowest BCUT2D eigenvalue weighted by Gasteiger charge is -2.34. The van der Waals surface area contributed by atoms with E-state index in [1.807, 2.05) is 0 Å². The maximum absolute atomic E-state index is 9.53. The third kappa shape index (κ3) is 1.14. The Morgan fingerprint density at radius 2 is 2.00 bits per heavy atom. The van der Waals surface area contributed by atoms with Crippen molar-refractivity contribution >= 4 is 0 Å². The van der Waals surface area contributed by atoms with E-state index in [4.69, 9.17) is 5.11 Å². The van der Waals surface area contributed by atoms with Crippen LogP contribution in [0.2, 0.25) is 0 Å². The predicted molar refractivity (Wildman–Crippen MR) is 43.1 cm³/mol. The molecule has 0 radical (unpaired) electrons. The second-order valence-electron chi connectivity index (χ2n) is 3.27. The first-order valence-electron chi connectivity index (χ1n) is 4.21. The molecule has 2 heterocycles. The van der Waals surface area contributed by atoms with E-state index in [1.54, 1.807) is 0 Å². The summed E-state index contributed by atoms with van der Waals surface area (Å²) in [6.07, 6.45) is -2.54. The van der Waals surface area contributed by atoms with E-state index in [2.05, 4.69) is 10.2 Å². The summed E-state index contributed by atoms with van der Waals surface area (Å²) in [6.45, 7) is -0.351. The first-order chi connectivity index (χ1) is 6.66. The minimum absolute atomic E-state index is 0.154. The zero-order valence-electron chi connectivity index (χ0n) is 7.22. The van der Waals surface area contributed by atoms with Gasteiger partial charge in [-0.2, -0.15) is 0 Å². The molecule has 0 unspecified atom stereocenters. The maximum atomic E-state index is 9.53. The Hall–Kier alpha value is -1.02. The second kappa shape index (κ2) is 3.28. The normalized spacial score (nSPS) is 36.9. The predicted octanol–water partition coefficient (Wildman–Crippen LogP) is -2.42. The van der Waals surface area contributed by atoms with Gasteiger partial charge in [-0.05, 0) is 0 Å². The molecule has 4 N–H and O–H groups in total. The Bertz CT molecular complexity index is 328. The Balaban J connectivity index is 2.44. The molecule has 0 saturated carbocycles. The quantitative estimate of drug-likeness (QED) is 0.402. The van der Waals surface area contributed by atoms with Crippen LogP contribution in [-0.4, -0.2) is 54.0 Å². The van der Waals surface area contributed by atoms with E-state index in [-0.39, 0.29) is 12.4 Å². The van der Waals surface area contributed by atoms with Crippen LogP contribution in [0.1, 0.15) is 18.0 Å². The highest BCUT2D eigenvalue weighted by Gasteiger charge is 2.41. The van der Waals surface area contributed by atoms with Gasteiger partial charge in [0.15, 0.2) is 5.82 Å². The zero-order valence-corrected chi connectivity index (χ0v) is 7.22. The zero-order chi connectivity index (χ0) is 10.3. The van der Waals surface area contributed by atoms with Crippen LogP contribution in [0.3, 0.4) is 0 Å². The van der Waals surface area contributed by atoms with E-state index >= 15 is 0 Å². The first kappa shape index (κ1) is 9.53. The molecule has 14 heavy (non-hydrogen) atoms. The lowest BCUT2D eigenvalue weighted by atomic mass is 9.96. The van der Waals surface area contributed by atoms with Crippen LogP contribution in [0, 0.1) is 0 Å². The summed E-state index contributed by atoms with van der Waals surface area (Å²) in [5.74, 6) is 0.154. The van der Waals surface area contributed by atoms with Crippen molar-refractivity contribution < 1.29 is 20.4 Å². The monoisotopic (exact) mass is 201 g/mol. The van der Waals surface area contributed by atoms with Gasteiger partial charge in [0, 0.05) is 0 Å². The summed E-state index contributed by atoms with van der Waals surface area (Å²) in [6, 6.07) is -0.710. The number of aromatic nitrogens is 3. The first-order valence-corrected chi connectivity index (χ1v) is 4.21. The fourth-order valence-electron chi connectivity index (χ4n) is 1.65. The van der Waals surface area contributed by atoms with Crippen LogP contribution in [-0.2, 0) is 0 Å². The highest BCUT2D eigenvalue weighted by Crippen LogP contribution is 2.30. The number of aliphatic hydroxyl groups is 4. The van der Waals surface area contributed by atoms with Crippen LogP contribution >= 0.6 is 0 Å². The lowest BCUT2D eigenvalue weighted by molar-refractivity contribution is -0.108. The van der Waals surface area contributed by atoms with E-state index in [1.165, 1.54) is 10.9 Å². The number of nitrogens with zero attached hydrogens (tertiary/aromatic N) is 3. The standard InChI is InChI=1S/C7H11N3O4/c11-1-3-4(12)5(13)6(14)7-9-8-2-10(3)7/h2-6,11-14H,1H2/t3-,4+,5+,6-/m1/s1. The topological polar surface area (TPSA) is 112 Å². The Kier molecular flexibility index (Phi) is 2.23. The average Bonchev–Trinajstić information content (AvgIpc) is 2.64. The van der Waals surface area contributed by atoms with Crippen LogP contribution in [0.15, 0.2) is 6.33 Å². The van der Waals surface area contributed by atoms with Crippen LogP contribution < -0.4 is 0 Å². The van der Waals surface area contributed by atoms with Crippen molar-refractivity contribution in [3.63, 3.8) is 0 Å². The number of aliphatic hydroxyl groups excluding tert-OH is 4. The van der Waals surface area contributed by atoms with Gasteiger partial charge >= 0.3 is 0 Å². The van der Waals surface area contributed by atoms with Gasteiger partial charge in [0.05, 0.1) is 12.6 Å². The molecule has 7 heteroatoms. The van der Waals surface area contributed by atoms with Gasteiger partial charge in [-0.15, -0.1) is 10.2 Å². The maximum Gasteiger partial charge on any atom is 0.164 e. The fourth-order valence-corrected chi connectivity index (χ4v) is 1.65. The van der Waals surface area contributed by atoms with Gasteiger partial charge in [-0.3, -0.25) is 0 Å². The van der Waals surface area contributed by atoms with Gasteiger partial charge < -0.3 is 25.0 Å². The van der Waals surface area contributed by atoms with Crippen LogP contribution in [0.5, 0.6) is 0 Å². The van der Waals surface area contributed by atoms with Gasteiger partial charge in [-0.25, -0.2) is 0 Å². The number of rotatable bonds is 1. The van der Waals surface area contributed by atoms with E-state index in [0.29, 0.717) is 0 Å². The second-order valence-corrected chi connectivity index (χ2v) is 3.27. The molecule has 0 fully saturated rings. The molecule has 1 aromatic heterocycles. The molecule has 1 aromatic rings. The van der Waals surface area contributed by atoms with Crippen LogP contribution in [0.25, 0.3) is 0 Å². The van der Waals surface area contributed by atoms with Gasteiger partial charge in [-0.1, -0.05) is 0 Å². The largest absolute Gasteiger partial charge is 0.394 e. The van der Waals surface area contributed by atoms with E-state index < -0.39 is 24.4 Å². The molecule has 0 saturated heterocycles. The average molecular weight is 201 g/mol. The van der Waals surface area contributed by atoms with E-state index in [0.717, 1.165) is 0 Å². The molecule has 0 spiro atoms. The third-order valence-electron chi connectivity index (χ3n) is 2.48. The van der Waals surface area contributed by atoms with Crippen molar-refractivity contribution in [2.75, 3.05) is 6.61 Å². The molecule has 4 atom stereocenters. The molecule has 1 aliphatic rings.